The van der Waals surface area contributed by atoms with Gasteiger partial charge >= 0.3 is 0 Å². The van der Waals surface area contributed by atoms with Crippen LogP contribution in [0.3, 0.4) is 0 Å². The van der Waals surface area contributed by atoms with Crippen LogP contribution in [0.15, 0.2) is 30.3 Å². The van der Waals surface area contributed by atoms with Crippen LogP contribution in [0.4, 0.5) is 0 Å². The molecule has 1 heterocycles. The van der Waals surface area contributed by atoms with Crippen molar-refractivity contribution in [3.05, 3.63) is 55.2 Å². The molecule has 0 radical (unpaired) electrons. The maximum absolute atomic E-state index is 6.11. The summed E-state index contributed by atoms with van der Waals surface area (Å²) in [6.07, 6.45) is 0.712. The van der Waals surface area contributed by atoms with Crippen LogP contribution in [0.1, 0.15) is 17.2 Å². The summed E-state index contributed by atoms with van der Waals surface area (Å²) >= 11 is 19.1. The van der Waals surface area contributed by atoms with Crippen molar-refractivity contribution in [3.8, 4) is 0 Å². The summed E-state index contributed by atoms with van der Waals surface area (Å²) < 4.78 is 1.33. The average molecular weight is 307 g/mol. The summed E-state index contributed by atoms with van der Waals surface area (Å²) in [5, 5.41) is 0.721. The fourth-order valence-electron chi connectivity index (χ4n) is 1.59. The second-order valence-corrected chi connectivity index (χ2v) is 6.44. The van der Waals surface area contributed by atoms with Crippen molar-refractivity contribution in [2.45, 2.75) is 12.5 Å². The van der Waals surface area contributed by atoms with E-state index in [1.165, 1.54) is 11.3 Å². The molecule has 2 aromatic rings. The molecule has 17 heavy (non-hydrogen) atoms. The fraction of sp³-hybridized carbons (Fsp3) is 0.167. The van der Waals surface area contributed by atoms with Gasteiger partial charge in [0.2, 0.25) is 0 Å². The van der Waals surface area contributed by atoms with Crippen LogP contribution in [-0.4, -0.2) is 0 Å². The van der Waals surface area contributed by atoms with Gasteiger partial charge in [0.1, 0.15) is 0 Å². The number of benzene rings is 1. The lowest BCUT2D eigenvalue weighted by atomic mass is 10.0. The SMILES string of the molecule is NC(Cc1ccc(Cl)cc1)c1cc(Cl)sc1Cl. The van der Waals surface area contributed by atoms with E-state index in [-0.39, 0.29) is 6.04 Å². The lowest BCUT2D eigenvalue weighted by Gasteiger charge is -2.10. The number of hydrogen-bond donors (Lipinski definition) is 1. The third-order valence-electron chi connectivity index (χ3n) is 2.45. The number of halogens is 3. The Morgan fingerprint density at radius 3 is 2.29 bits per heavy atom. The Morgan fingerprint density at radius 2 is 1.76 bits per heavy atom. The summed E-state index contributed by atoms with van der Waals surface area (Å²) in [5.74, 6) is 0. The Hall–Kier alpha value is -0.250. The highest BCUT2D eigenvalue weighted by atomic mass is 35.5. The van der Waals surface area contributed by atoms with Crippen LogP contribution in [-0.2, 0) is 6.42 Å². The van der Waals surface area contributed by atoms with Gasteiger partial charge in [-0.1, -0.05) is 46.9 Å². The van der Waals surface area contributed by atoms with Gasteiger partial charge in [0, 0.05) is 16.6 Å². The van der Waals surface area contributed by atoms with Crippen molar-refractivity contribution in [2.75, 3.05) is 0 Å². The molecule has 0 aliphatic rings. The molecule has 1 nitrogen and oxygen atoms in total. The number of rotatable bonds is 3. The van der Waals surface area contributed by atoms with Crippen LogP contribution < -0.4 is 5.73 Å². The van der Waals surface area contributed by atoms with Gasteiger partial charge in [0.25, 0.3) is 0 Å². The van der Waals surface area contributed by atoms with Gasteiger partial charge in [0.05, 0.1) is 8.67 Å². The maximum Gasteiger partial charge on any atom is 0.0992 e. The smallest absolute Gasteiger partial charge is 0.0992 e. The Kier molecular flexibility index (Phi) is 4.34. The van der Waals surface area contributed by atoms with Crippen LogP contribution in [0.5, 0.6) is 0 Å². The van der Waals surface area contributed by atoms with Crippen molar-refractivity contribution in [2.24, 2.45) is 5.73 Å². The molecule has 0 saturated heterocycles. The van der Waals surface area contributed by atoms with Gasteiger partial charge in [-0.25, -0.2) is 0 Å². The summed E-state index contributed by atoms with van der Waals surface area (Å²) in [5.41, 5.74) is 8.13. The first-order valence-electron chi connectivity index (χ1n) is 5.01. The van der Waals surface area contributed by atoms with Crippen molar-refractivity contribution in [1.29, 1.82) is 0 Å². The van der Waals surface area contributed by atoms with Gasteiger partial charge in [-0.15, -0.1) is 11.3 Å². The van der Waals surface area contributed by atoms with E-state index >= 15 is 0 Å². The minimum Gasteiger partial charge on any atom is -0.324 e. The Balaban J connectivity index is 2.14. The predicted molar refractivity (Wildman–Crippen MR) is 76.4 cm³/mol. The molecule has 2 N–H and O–H groups in total. The highest BCUT2D eigenvalue weighted by Gasteiger charge is 2.14. The standard InChI is InChI=1S/C12H10Cl3NS/c13-8-3-1-7(2-4-8)5-10(16)9-6-11(14)17-12(9)15/h1-4,6,10H,5,16H2. The molecule has 0 fully saturated rings. The fourth-order valence-corrected chi connectivity index (χ4v) is 3.31. The van der Waals surface area contributed by atoms with Crippen LogP contribution in [0.2, 0.25) is 13.7 Å². The summed E-state index contributed by atoms with van der Waals surface area (Å²) in [7, 11) is 0. The minimum atomic E-state index is -0.146. The number of hydrogen-bond acceptors (Lipinski definition) is 2. The van der Waals surface area contributed by atoms with E-state index in [9.17, 15) is 0 Å². The molecule has 90 valence electrons. The summed E-state index contributed by atoms with van der Waals surface area (Å²) in [6, 6.07) is 9.31. The van der Waals surface area contributed by atoms with E-state index in [1.807, 2.05) is 30.3 Å². The van der Waals surface area contributed by atoms with E-state index in [0.717, 1.165) is 16.1 Å². The zero-order valence-corrected chi connectivity index (χ0v) is 11.9. The third kappa shape index (κ3) is 3.36. The molecule has 0 amide bonds. The molecule has 1 aromatic carbocycles. The van der Waals surface area contributed by atoms with Gasteiger partial charge in [-0.3, -0.25) is 0 Å². The average Bonchev–Trinajstić information content (AvgIpc) is 2.61. The topological polar surface area (TPSA) is 26.0 Å². The number of thiophene rings is 1. The first-order chi connectivity index (χ1) is 8.06. The number of nitrogens with two attached hydrogens (primary N) is 1. The predicted octanol–water partition coefficient (Wildman–Crippen LogP) is 4.95. The second kappa shape index (κ2) is 5.59. The largest absolute Gasteiger partial charge is 0.324 e. The summed E-state index contributed by atoms with van der Waals surface area (Å²) in [6.45, 7) is 0. The van der Waals surface area contributed by atoms with E-state index in [1.54, 1.807) is 0 Å². The molecule has 5 heteroatoms. The van der Waals surface area contributed by atoms with Crippen molar-refractivity contribution in [1.82, 2.24) is 0 Å². The molecule has 0 aliphatic heterocycles. The van der Waals surface area contributed by atoms with Crippen molar-refractivity contribution in [3.63, 3.8) is 0 Å². The van der Waals surface area contributed by atoms with Crippen molar-refractivity contribution < 1.29 is 0 Å². The molecule has 2 rings (SSSR count). The molecular weight excluding hydrogens is 297 g/mol. The second-order valence-electron chi connectivity index (χ2n) is 3.72. The Morgan fingerprint density at radius 1 is 1.12 bits per heavy atom. The molecule has 1 atom stereocenters. The first kappa shape index (κ1) is 13.2. The molecule has 1 aromatic heterocycles. The summed E-state index contributed by atoms with van der Waals surface area (Å²) in [4.78, 5) is 0. The van der Waals surface area contributed by atoms with Crippen LogP contribution >= 0.6 is 46.1 Å². The van der Waals surface area contributed by atoms with Gasteiger partial charge in [-0.2, -0.15) is 0 Å². The monoisotopic (exact) mass is 305 g/mol. The van der Waals surface area contributed by atoms with E-state index in [0.29, 0.717) is 15.1 Å². The minimum absolute atomic E-state index is 0.146. The van der Waals surface area contributed by atoms with Gasteiger partial charge < -0.3 is 5.73 Å². The van der Waals surface area contributed by atoms with E-state index < -0.39 is 0 Å². The van der Waals surface area contributed by atoms with E-state index in [4.69, 9.17) is 40.5 Å². The Bertz CT molecular complexity index is 507. The molecule has 0 aliphatic carbocycles. The molecule has 0 saturated carbocycles. The quantitative estimate of drug-likeness (QED) is 0.853. The molecule has 0 spiro atoms. The first-order valence-corrected chi connectivity index (χ1v) is 6.96. The molecule has 1 unspecified atom stereocenters. The van der Waals surface area contributed by atoms with E-state index in [2.05, 4.69) is 0 Å². The lowest BCUT2D eigenvalue weighted by molar-refractivity contribution is 0.725. The van der Waals surface area contributed by atoms with Gasteiger partial charge in [-0.05, 0) is 30.2 Å². The maximum atomic E-state index is 6.11. The van der Waals surface area contributed by atoms with Crippen molar-refractivity contribution >= 4 is 46.1 Å². The zero-order chi connectivity index (χ0) is 12.4. The Labute approximate surface area is 119 Å². The highest BCUT2D eigenvalue weighted by molar-refractivity contribution is 7.20. The third-order valence-corrected chi connectivity index (χ3v) is 4.22. The lowest BCUT2D eigenvalue weighted by Crippen LogP contribution is -2.12. The highest BCUT2D eigenvalue weighted by Crippen LogP contribution is 2.35. The normalized spacial score (nSPS) is 12.7. The van der Waals surface area contributed by atoms with Crippen LogP contribution in [0.25, 0.3) is 0 Å². The van der Waals surface area contributed by atoms with Gasteiger partial charge in [0.15, 0.2) is 0 Å². The van der Waals surface area contributed by atoms with Crippen LogP contribution in [0, 0.1) is 0 Å². The zero-order valence-electron chi connectivity index (χ0n) is 8.79. The molecule has 0 bridgehead atoms. The molecular formula is C12H10Cl3NS.